The first-order valence-electron chi connectivity index (χ1n) is 8.83. The third-order valence-corrected chi connectivity index (χ3v) is 4.77. The summed E-state index contributed by atoms with van der Waals surface area (Å²) in [5, 5.41) is 9.19. The Balaban J connectivity index is 0.00000100. The monoisotopic (exact) mass is 332 g/mol. The van der Waals surface area contributed by atoms with Gasteiger partial charge in [0.05, 0.1) is 0 Å². The number of phenols is 1. The van der Waals surface area contributed by atoms with E-state index in [1.54, 1.807) is 0 Å². The van der Waals surface area contributed by atoms with Crippen molar-refractivity contribution in [3.8, 4) is 16.9 Å². The van der Waals surface area contributed by atoms with Crippen LogP contribution in [0, 0.1) is 17.6 Å². The van der Waals surface area contributed by atoms with E-state index in [1.807, 2.05) is 38.1 Å². The van der Waals surface area contributed by atoms with Crippen molar-refractivity contribution >= 4 is 0 Å². The molecule has 0 atom stereocenters. The van der Waals surface area contributed by atoms with Gasteiger partial charge < -0.3 is 5.11 Å². The first-order valence-corrected chi connectivity index (χ1v) is 8.83. The first kappa shape index (κ1) is 18.4. The molecule has 0 bridgehead atoms. The number of aromatic hydroxyl groups is 1. The van der Waals surface area contributed by atoms with Crippen molar-refractivity contribution in [1.29, 1.82) is 0 Å². The summed E-state index contributed by atoms with van der Waals surface area (Å²) in [5.74, 6) is -1.47. The van der Waals surface area contributed by atoms with E-state index in [0.717, 1.165) is 5.92 Å². The Morgan fingerprint density at radius 3 is 2.00 bits per heavy atom. The molecule has 3 rings (SSSR count). The lowest BCUT2D eigenvalue weighted by molar-refractivity contribution is 0.348. The number of halogens is 2. The highest BCUT2D eigenvalue weighted by Gasteiger charge is 2.20. The second-order valence-electron chi connectivity index (χ2n) is 6.34. The molecule has 0 aliphatic heterocycles. The highest BCUT2D eigenvalue weighted by Crippen LogP contribution is 2.36. The quantitative estimate of drug-likeness (QED) is 0.652. The zero-order chi connectivity index (χ0) is 17.7. The van der Waals surface area contributed by atoms with Crippen LogP contribution in [0.15, 0.2) is 36.4 Å². The molecule has 1 aliphatic carbocycles. The Morgan fingerprint density at radius 1 is 0.833 bits per heavy atom. The summed E-state index contributed by atoms with van der Waals surface area (Å²) in [6, 6.07) is 10.3. The lowest BCUT2D eigenvalue weighted by Crippen LogP contribution is -2.10. The molecule has 1 saturated carbocycles. The minimum Gasteiger partial charge on any atom is -0.505 e. The van der Waals surface area contributed by atoms with Gasteiger partial charge in [-0.25, -0.2) is 4.39 Å². The lowest BCUT2D eigenvalue weighted by atomic mass is 9.79. The molecule has 3 heteroatoms. The SMILES string of the molecule is CC.CC1CCC(c2ccc(-c3ccc(O)c(F)c3F)cc2)CC1. The predicted octanol–water partition coefficient (Wildman–Crippen LogP) is 6.66. The Hall–Kier alpha value is -1.90. The molecule has 0 saturated heterocycles. The summed E-state index contributed by atoms with van der Waals surface area (Å²) in [6.45, 7) is 6.29. The fourth-order valence-corrected chi connectivity index (χ4v) is 3.29. The van der Waals surface area contributed by atoms with Gasteiger partial charge in [0.25, 0.3) is 0 Å². The number of phenolic OH excluding ortho intramolecular Hbond substituents is 1. The van der Waals surface area contributed by atoms with Crippen LogP contribution in [0.3, 0.4) is 0 Å². The molecule has 1 fully saturated rings. The summed E-state index contributed by atoms with van der Waals surface area (Å²) in [4.78, 5) is 0. The van der Waals surface area contributed by atoms with Gasteiger partial charge in [0.15, 0.2) is 11.6 Å². The van der Waals surface area contributed by atoms with Gasteiger partial charge in [-0.1, -0.05) is 57.9 Å². The summed E-state index contributed by atoms with van der Waals surface area (Å²) in [7, 11) is 0. The first-order chi connectivity index (χ1) is 11.6. The Labute approximate surface area is 143 Å². The normalized spacial score (nSPS) is 20.2. The van der Waals surface area contributed by atoms with Crippen molar-refractivity contribution < 1.29 is 13.9 Å². The molecular formula is C21H26F2O. The van der Waals surface area contributed by atoms with Crippen molar-refractivity contribution in [2.24, 2.45) is 5.92 Å². The van der Waals surface area contributed by atoms with Crippen LogP contribution < -0.4 is 0 Å². The maximum atomic E-state index is 13.9. The molecule has 1 nitrogen and oxygen atoms in total. The van der Waals surface area contributed by atoms with Crippen LogP contribution >= 0.6 is 0 Å². The molecule has 0 unspecified atom stereocenters. The topological polar surface area (TPSA) is 20.2 Å². The minimum atomic E-state index is -1.19. The Bertz CT molecular complexity index is 656. The number of benzene rings is 2. The minimum absolute atomic E-state index is 0.180. The zero-order valence-electron chi connectivity index (χ0n) is 14.7. The van der Waals surface area contributed by atoms with E-state index in [1.165, 1.54) is 43.4 Å². The molecule has 130 valence electrons. The summed E-state index contributed by atoms with van der Waals surface area (Å²) in [6.07, 6.45) is 4.90. The highest BCUT2D eigenvalue weighted by atomic mass is 19.2. The van der Waals surface area contributed by atoms with Gasteiger partial charge in [0.1, 0.15) is 0 Å². The number of hydrogen-bond donors (Lipinski definition) is 1. The molecule has 24 heavy (non-hydrogen) atoms. The van der Waals surface area contributed by atoms with Gasteiger partial charge in [-0.15, -0.1) is 0 Å². The highest BCUT2D eigenvalue weighted by molar-refractivity contribution is 5.65. The molecule has 0 spiro atoms. The molecule has 2 aromatic carbocycles. The zero-order valence-corrected chi connectivity index (χ0v) is 14.7. The Morgan fingerprint density at radius 2 is 1.42 bits per heavy atom. The van der Waals surface area contributed by atoms with Crippen molar-refractivity contribution in [1.82, 2.24) is 0 Å². The van der Waals surface area contributed by atoms with E-state index in [4.69, 9.17) is 0 Å². The average molecular weight is 332 g/mol. The van der Waals surface area contributed by atoms with Crippen molar-refractivity contribution in [2.45, 2.75) is 52.4 Å². The second kappa shape index (κ2) is 8.27. The van der Waals surface area contributed by atoms with Crippen LogP contribution in [-0.2, 0) is 0 Å². The molecule has 0 aromatic heterocycles. The van der Waals surface area contributed by atoms with Crippen LogP contribution in [0.25, 0.3) is 11.1 Å². The third kappa shape index (κ3) is 3.95. The molecule has 2 aromatic rings. The van der Waals surface area contributed by atoms with Gasteiger partial charge in [-0.2, -0.15) is 4.39 Å². The Kier molecular flexibility index (Phi) is 6.36. The van der Waals surface area contributed by atoms with Crippen LogP contribution in [0.2, 0.25) is 0 Å². The predicted molar refractivity (Wildman–Crippen MR) is 95.2 cm³/mol. The van der Waals surface area contributed by atoms with E-state index in [0.29, 0.717) is 11.5 Å². The molecular weight excluding hydrogens is 306 g/mol. The fraction of sp³-hybridized carbons (Fsp3) is 0.429. The summed E-state index contributed by atoms with van der Waals surface area (Å²) in [5.41, 5.74) is 2.08. The van der Waals surface area contributed by atoms with E-state index in [-0.39, 0.29) is 5.56 Å². The molecule has 0 amide bonds. The molecule has 1 aliphatic rings. The van der Waals surface area contributed by atoms with Crippen molar-refractivity contribution in [3.63, 3.8) is 0 Å². The lowest BCUT2D eigenvalue weighted by Gasteiger charge is -2.26. The van der Waals surface area contributed by atoms with Crippen LogP contribution in [0.1, 0.15) is 57.9 Å². The van der Waals surface area contributed by atoms with Gasteiger partial charge in [-0.3, -0.25) is 0 Å². The van der Waals surface area contributed by atoms with Crippen LogP contribution in [0.5, 0.6) is 5.75 Å². The average Bonchev–Trinajstić information content (AvgIpc) is 2.63. The molecule has 0 heterocycles. The van der Waals surface area contributed by atoms with E-state index < -0.39 is 17.4 Å². The second-order valence-corrected chi connectivity index (χ2v) is 6.34. The van der Waals surface area contributed by atoms with E-state index in [9.17, 15) is 13.9 Å². The van der Waals surface area contributed by atoms with Crippen molar-refractivity contribution in [3.05, 3.63) is 53.6 Å². The van der Waals surface area contributed by atoms with E-state index in [2.05, 4.69) is 6.92 Å². The standard InChI is InChI=1S/C19H20F2O.C2H6/c1-12-2-4-13(5-3-12)14-6-8-15(9-7-14)16-10-11-17(22)19(21)18(16)20;1-2/h6-13,22H,2-5H2,1H3;1-2H3. The van der Waals surface area contributed by atoms with Gasteiger partial charge >= 0.3 is 0 Å². The summed E-state index contributed by atoms with van der Waals surface area (Å²) >= 11 is 0. The van der Waals surface area contributed by atoms with Crippen LogP contribution in [0.4, 0.5) is 8.78 Å². The van der Waals surface area contributed by atoms with Crippen molar-refractivity contribution in [2.75, 3.05) is 0 Å². The fourth-order valence-electron chi connectivity index (χ4n) is 3.29. The molecule has 0 radical (unpaired) electrons. The van der Waals surface area contributed by atoms with Crippen LogP contribution in [-0.4, -0.2) is 5.11 Å². The number of rotatable bonds is 2. The van der Waals surface area contributed by atoms with Gasteiger partial charge in [0.2, 0.25) is 5.82 Å². The van der Waals surface area contributed by atoms with Gasteiger partial charge in [0, 0.05) is 5.56 Å². The molecule has 1 N–H and O–H groups in total. The van der Waals surface area contributed by atoms with Gasteiger partial charge in [-0.05, 0) is 47.9 Å². The third-order valence-electron chi connectivity index (χ3n) is 4.77. The summed E-state index contributed by atoms with van der Waals surface area (Å²) < 4.78 is 27.4. The number of hydrogen-bond acceptors (Lipinski definition) is 1. The maximum absolute atomic E-state index is 13.9. The van der Waals surface area contributed by atoms with E-state index >= 15 is 0 Å². The maximum Gasteiger partial charge on any atom is 0.200 e. The largest absolute Gasteiger partial charge is 0.505 e. The smallest absolute Gasteiger partial charge is 0.200 e.